The Balaban J connectivity index is 1.98. The zero-order chi connectivity index (χ0) is 19.6. The molecule has 7 nitrogen and oxygen atoms in total. The molecule has 0 saturated heterocycles. The van der Waals surface area contributed by atoms with Crippen molar-refractivity contribution in [3.05, 3.63) is 29.8 Å². The maximum atomic E-state index is 11.8. The van der Waals surface area contributed by atoms with E-state index < -0.39 is 0 Å². The first-order valence-corrected chi connectivity index (χ1v) is 9.63. The van der Waals surface area contributed by atoms with Crippen molar-refractivity contribution in [1.82, 2.24) is 15.5 Å². The van der Waals surface area contributed by atoms with Crippen LogP contribution >= 0.6 is 0 Å². The lowest BCUT2D eigenvalue weighted by Gasteiger charge is -2.23. The third kappa shape index (κ3) is 7.00. The molecule has 0 heterocycles. The average molecular weight is 377 g/mol. The topological polar surface area (TPSA) is 75.2 Å². The van der Waals surface area contributed by atoms with Crippen LogP contribution in [0.15, 0.2) is 29.3 Å². The molecule has 1 aromatic rings. The first-order valence-electron chi connectivity index (χ1n) is 9.63. The Hall–Kier alpha value is -2.44. The number of benzene rings is 1. The number of aliphatic imine (C=N–C) groups is 1. The molecule has 1 aliphatic rings. The van der Waals surface area contributed by atoms with E-state index in [0.717, 1.165) is 37.6 Å². The van der Waals surface area contributed by atoms with Crippen molar-refractivity contribution in [2.45, 2.75) is 39.3 Å². The van der Waals surface area contributed by atoms with E-state index in [0.29, 0.717) is 19.1 Å². The largest absolute Gasteiger partial charge is 0.497 e. The standard InChI is InChI=1S/C20H32N4O3/c1-5-21-19(24(3)14-15-7-11-17(26-4)12-8-15)22-13-18(16-9-10-16)23-20(25)27-6-2/h7-8,11-12,16,18H,5-6,9-10,13-14H2,1-4H3,(H,21,22)(H,23,25). The number of rotatable bonds is 9. The molecule has 2 N–H and O–H groups in total. The number of amides is 1. The van der Waals surface area contributed by atoms with Crippen molar-refractivity contribution < 1.29 is 14.3 Å². The minimum absolute atomic E-state index is 0.0205. The van der Waals surface area contributed by atoms with Gasteiger partial charge in [0.1, 0.15) is 5.75 Å². The molecule has 0 aromatic heterocycles. The Kier molecular flexibility index (Phi) is 8.23. The van der Waals surface area contributed by atoms with E-state index in [1.165, 1.54) is 5.56 Å². The van der Waals surface area contributed by atoms with Crippen molar-refractivity contribution in [2.24, 2.45) is 10.9 Å². The van der Waals surface area contributed by atoms with Crippen LogP contribution in [0.2, 0.25) is 0 Å². The smallest absolute Gasteiger partial charge is 0.407 e. The molecule has 7 heteroatoms. The summed E-state index contributed by atoms with van der Waals surface area (Å²) in [5.74, 6) is 2.16. The second kappa shape index (κ2) is 10.6. The summed E-state index contributed by atoms with van der Waals surface area (Å²) in [6.07, 6.45) is 1.90. The molecular formula is C20H32N4O3. The second-order valence-electron chi connectivity index (χ2n) is 6.71. The fraction of sp³-hybridized carbons (Fsp3) is 0.600. The highest BCUT2D eigenvalue weighted by atomic mass is 16.5. The maximum Gasteiger partial charge on any atom is 0.407 e. The lowest BCUT2D eigenvalue weighted by atomic mass is 10.2. The lowest BCUT2D eigenvalue weighted by molar-refractivity contribution is 0.147. The highest BCUT2D eigenvalue weighted by Gasteiger charge is 2.32. The minimum Gasteiger partial charge on any atom is -0.497 e. The first-order chi connectivity index (χ1) is 13.1. The Morgan fingerprint density at radius 3 is 2.56 bits per heavy atom. The Morgan fingerprint density at radius 2 is 2.00 bits per heavy atom. The van der Waals surface area contributed by atoms with Crippen molar-refractivity contribution in [1.29, 1.82) is 0 Å². The number of nitrogens with zero attached hydrogens (tertiary/aromatic N) is 2. The molecule has 0 radical (unpaired) electrons. The van der Waals surface area contributed by atoms with Gasteiger partial charge < -0.3 is 25.0 Å². The van der Waals surface area contributed by atoms with Crippen LogP contribution < -0.4 is 15.4 Å². The fourth-order valence-electron chi connectivity index (χ4n) is 2.87. The molecule has 0 aliphatic heterocycles. The summed E-state index contributed by atoms with van der Waals surface area (Å²) < 4.78 is 10.2. The highest BCUT2D eigenvalue weighted by molar-refractivity contribution is 5.79. The van der Waals surface area contributed by atoms with Gasteiger partial charge in [0.15, 0.2) is 5.96 Å². The molecule has 1 unspecified atom stereocenters. The summed E-state index contributed by atoms with van der Waals surface area (Å²) in [5.41, 5.74) is 1.17. The van der Waals surface area contributed by atoms with Gasteiger partial charge in [-0.2, -0.15) is 0 Å². The summed E-state index contributed by atoms with van der Waals surface area (Å²) in [6, 6.07) is 8.04. The van der Waals surface area contributed by atoms with E-state index in [9.17, 15) is 4.79 Å². The van der Waals surface area contributed by atoms with Crippen LogP contribution in [0.1, 0.15) is 32.3 Å². The number of hydrogen-bond donors (Lipinski definition) is 2. The summed E-state index contributed by atoms with van der Waals surface area (Å²) >= 11 is 0. The Labute approximate surface area is 162 Å². The van der Waals surface area contributed by atoms with Gasteiger partial charge in [0.05, 0.1) is 26.3 Å². The molecule has 150 valence electrons. The minimum atomic E-state index is -0.360. The number of carbonyl (C=O) groups excluding carboxylic acids is 1. The summed E-state index contributed by atoms with van der Waals surface area (Å²) in [7, 11) is 3.67. The third-order valence-corrected chi connectivity index (χ3v) is 4.48. The predicted octanol–water partition coefficient (Wildman–Crippen LogP) is 2.62. The number of nitrogens with one attached hydrogen (secondary N) is 2. The second-order valence-corrected chi connectivity index (χ2v) is 6.71. The molecule has 27 heavy (non-hydrogen) atoms. The number of alkyl carbamates (subject to hydrolysis) is 1. The quantitative estimate of drug-likeness (QED) is 0.512. The van der Waals surface area contributed by atoms with E-state index in [4.69, 9.17) is 14.5 Å². The van der Waals surface area contributed by atoms with Gasteiger partial charge in [-0.3, -0.25) is 4.99 Å². The van der Waals surface area contributed by atoms with E-state index in [2.05, 4.69) is 15.5 Å². The summed E-state index contributed by atoms with van der Waals surface area (Å²) in [5, 5.41) is 6.28. The Morgan fingerprint density at radius 1 is 1.30 bits per heavy atom. The van der Waals surface area contributed by atoms with Crippen LogP contribution in [0.25, 0.3) is 0 Å². The van der Waals surface area contributed by atoms with Gasteiger partial charge in [0.25, 0.3) is 0 Å². The van der Waals surface area contributed by atoms with E-state index >= 15 is 0 Å². The van der Waals surface area contributed by atoms with Crippen LogP contribution in [-0.2, 0) is 11.3 Å². The molecule has 1 fully saturated rings. The first kappa shape index (κ1) is 20.9. The van der Waals surface area contributed by atoms with Gasteiger partial charge in [-0.15, -0.1) is 0 Å². The maximum absolute atomic E-state index is 11.8. The zero-order valence-corrected chi connectivity index (χ0v) is 16.8. The van der Waals surface area contributed by atoms with Crippen molar-refractivity contribution in [3.63, 3.8) is 0 Å². The number of guanidine groups is 1. The molecule has 1 saturated carbocycles. The van der Waals surface area contributed by atoms with Gasteiger partial charge in [-0.05, 0) is 50.3 Å². The van der Waals surface area contributed by atoms with Crippen molar-refractivity contribution >= 4 is 12.1 Å². The zero-order valence-electron chi connectivity index (χ0n) is 16.8. The van der Waals surface area contributed by atoms with Crippen LogP contribution in [0.5, 0.6) is 5.75 Å². The normalized spacial score (nSPS) is 15.0. The van der Waals surface area contributed by atoms with Crippen LogP contribution in [-0.4, -0.2) is 56.8 Å². The molecule has 1 aliphatic carbocycles. The average Bonchev–Trinajstić information content (AvgIpc) is 3.50. The van der Waals surface area contributed by atoms with E-state index in [1.54, 1.807) is 14.0 Å². The molecule has 0 bridgehead atoms. The molecule has 2 rings (SSSR count). The molecule has 0 spiro atoms. The number of ether oxygens (including phenoxy) is 2. The predicted molar refractivity (Wildman–Crippen MR) is 107 cm³/mol. The van der Waals surface area contributed by atoms with Crippen molar-refractivity contribution in [2.75, 3.05) is 33.9 Å². The number of methoxy groups -OCH3 is 1. The van der Waals surface area contributed by atoms with Gasteiger partial charge in [0.2, 0.25) is 0 Å². The van der Waals surface area contributed by atoms with Gasteiger partial charge in [-0.1, -0.05) is 12.1 Å². The number of hydrogen-bond acceptors (Lipinski definition) is 4. The molecule has 1 atom stereocenters. The highest BCUT2D eigenvalue weighted by Crippen LogP contribution is 2.32. The van der Waals surface area contributed by atoms with Crippen LogP contribution in [0.3, 0.4) is 0 Å². The van der Waals surface area contributed by atoms with E-state index in [-0.39, 0.29) is 12.1 Å². The van der Waals surface area contributed by atoms with Crippen molar-refractivity contribution in [3.8, 4) is 5.75 Å². The van der Waals surface area contributed by atoms with Gasteiger partial charge in [0, 0.05) is 20.1 Å². The van der Waals surface area contributed by atoms with Gasteiger partial charge >= 0.3 is 6.09 Å². The lowest BCUT2D eigenvalue weighted by Crippen LogP contribution is -2.42. The number of carbonyl (C=O) groups is 1. The fourth-order valence-corrected chi connectivity index (χ4v) is 2.87. The third-order valence-electron chi connectivity index (χ3n) is 4.48. The SMILES string of the molecule is CCNC(=NCC(NC(=O)OCC)C1CC1)N(C)Cc1ccc(OC)cc1. The van der Waals surface area contributed by atoms with Crippen LogP contribution in [0.4, 0.5) is 4.79 Å². The molecule has 1 amide bonds. The Bertz CT molecular complexity index is 614. The summed E-state index contributed by atoms with van der Waals surface area (Å²) in [4.78, 5) is 18.6. The monoisotopic (exact) mass is 376 g/mol. The van der Waals surface area contributed by atoms with E-state index in [1.807, 2.05) is 38.2 Å². The van der Waals surface area contributed by atoms with Gasteiger partial charge in [-0.25, -0.2) is 4.79 Å². The molecular weight excluding hydrogens is 344 g/mol. The summed E-state index contributed by atoms with van der Waals surface area (Å²) in [6.45, 7) is 6.28. The van der Waals surface area contributed by atoms with Crippen LogP contribution in [0, 0.1) is 5.92 Å². The molecule has 1 aromatic carbocycles.